The van der Waals surface area contributed by atoms with Gasteiger partial charge in [0.15, 0.2) is 0 Å². The van der Waals surface area contributed by atoms with Gasteiger partial charge in [-0.25, -0.2) is 0 Å². The Bertz CT molecular complexity index is 596. The van der Waals surface area contributed by atoms with Crippen LogP contribution in [0.5, 0.6) is 0 Å². The Morgan fingerprint density at radius 1 is 1.26 bits per heavy atom. The van der Waals surface area contributed by atoms with E-state index < -0.39 is 0 Å². The van der Waals surface area contributed by atoms with E-state index in [0.717, 1.165) is 5.56 Å². The Balaban J connectivity index is 2.08. The minimum absolute atomic E-state index is 0.224. The predicted octanol–water partition coefficient (Wildman–Crippen LogP) is 3.41. The lowest BCUT2D eigenvalue weighted by Gasteiger charge is -2.08. The van der Waals surface area contributed by atoms with Crippen molar-refractivity contribution in [3.05, 3.63) is 58.6 Å². The average molecular weight is 292 g/mol. The molecule has 97 valence electrons. The van der Waals surface area contributed by atoms with Gasteiger partial charge in [0, 0.05) is 27.7 Å². The predicted molar refractivity (Wildman–Crippen MR) is 79.3 cm³/mol. The van der Waals surface area contributed by atoms with Gasteiger partial charge in [-0.05, 0) is 29.8 Å². The zero-order valence-electron chi connectivity index (χ0n) is 10.0. The number of benzene rings is 2. The van der Waals surface area contributed by atoms with Crippen LogP contribution >= 0.6 is 24.2 Å². The molecule has 0 heterocycles. The topological polar surface area (TPSA) is 55.1 Å². The zero-order chi connectivity index (χ0) is 13.8. The Morgan fingerprint density at radius 3 is 2.68 bits per heavy atom. The molecule has 0 aliphatic carbocycles. The van der Waals surface area contributed by atoms with Crippen molar-refractivity contribution in [3.8, 4) is 0 Å². The average Bonchev–Trinajstić information content (AvgIpc) is 2.36. The van der Waals surface area contributed by atoms with Crippen LogP contribution in [-0.2, 0) is 6.54 Å². The fourth-order valence-corrected chi connectivity index (χ4v) is 2.14. The molecule has 5 heteroatoms. The summed E-state index contributed by atoms with van der Waals surface area (Å²) in [6.07, 6.45) is 0. The fourth-order valence-electron chi connectivity index (χ4n) is 1.67. The normalized spacial score (nSPS) is 10.2. The van der Waals surface area contributed by atoms with Gasteiger partial charge in [0.05, 0.1) is 0 Å². The Kier molecular flexibility index (Phi) is 4.24. The molecule has 19 heavy (non-hydrogen) atoms. The van der Waals surface area contributed by atoms with Crippen molar-refractivity contribution in [2.75, 3.05) is 5.73 Å². The van der Waals surface area contributed by atoms with Gasteiger partial charge in [-0.3, -0.25) is 4.79 Å². The van der Waals surface area contributed by atoms with Crippen molar-refractivity contribution in [1.29, 1.82) is 0 Å². The van der Waals surface area contributed by atoms with Gasteiger partial charge in [0.25, 0.3) is 5.91 Å². The number of nitrogen functional groups attached to an aromatic ring is 1. The minimum atomic E-state index is -0.224. The van der Waals surface area contributed by atoms with E-state index in [-0.39, 0.29) is 5.91 Å². The molecule has 0 bridgehead atoms. The molecule has 1 amide bonds. The lowest BCUT2D eigenvalue weighted by Crippen LogP contribution is -2.23. The second-order valence-corrected chi connectivity index (χ2v) is 4.94. The summed E-state index contributed by atoms with van der Waals surface area (Å²) in [7, 11) is 0. The summed E-state index contributed by atoms with van der Waals surface area (Å²) in [6.45, 7) is 0.361. The second-order valence-electron chi connectivity index (χ2n) is 4.06. The molecule has 0 fully saturated rings. The number of hydrogen-bond acceptors (Lipinski definition) is 2. The highest BCUT2D eigenvalue weighted by molar-refractivity contribution is 7.80. The van der Waals surface area contributed by atoms with Crippen LogP contribution in [0, 0.1) is 0 Å². The summed E-state index contributed by atoms with van der Waals surface area (Å²) in [5, 5.41) is 3.41. The first-order chi connectivity index (χ1) is 9.06. The van der Waals surface area contributed by atoms with Crippen LogP contribution in [0.3, 0.4) is 0 Å². The monoisotopic (exact) mass is 291 g/mol. The molecule has 0 aromatic heterocycles. The summed E-state index contributed by atoms with van der Waals surface area (Å²) < 4.78 is 0. The number of nitrogens with one attached hydrogen (secondary N) is 1. The smallest absolute Gasteiger partial charge is 0.251 e. The van der Waals surface area contributed by atoms with Crippen molar-refractivity contribution in [1.82, 2.24) is 5.32 Å². The van der Waals surface area contributed by atoms with Gasteiger partial charge in [-0.2, -0.15) is 0 Å². The van der Waals surface area contributed by atoms with E-state index in [4.69, 9.17) is 30.0 Å². The summed E-state index contributed by atoms with van der Waals surface area (Å²) in [5.74, 6) is -0.224. The molecule has 2 rings (SSSR count). The number of nitrogens with two attached hydrogens (primary N) is 1. The van der Waals surface area contributed by atoms with Crippen molar-refractivity contribution in [2.24, 2.45) is 0 Å². The van der Waals surface area contributed by atoms with Crippen molar-refractivity contribution < 1.29 is 4.79 Å². The standard InChI is InChI=1S/C14H12ClN2OS/c15-13-4-2-1-3-9(13)8-17-14(18)10-5-11(16)7-12(19)6-10/h1-7H,8,16H2,(H,17,18). The van der Waals surface area contributed by atoms with Crippen LogP contribution in [-0.4, -0.2) is 5.91 Å². The maximum Gasteiger partial charge on any atom is 0.251 e. The highest BCUT2D eigenvalue weighted by Crippen LogP contribution is 2.17. The lowest BCUT2D eigenvalue weighted by molar-refractivity contribution is 0.0950. The SMILES string of the molecule is Nc1cc([S])cc(C(=O)NCc2ccccc2Cl)c1. The molecule has 0 saturated heterocycles. The molecule has 1 radical (unpaired) electrons. The maximum absolute atomic E-state index is 12.0. The zero-order valence-corrected chi connectivity index (χ0v) is 11.6. The molecular formula is C14H12ClN2OS. The molecule has 0 unspecified atom stereocenters. The van der Waals surface area contributed by atoms with E-state index in [0.29, 0.717) is 27.7 Å². The third kappa shape index (κ3) is 3.59. The van der Waals surface area contributed by atoms with E-state index in [9.17, 15) is 4.79 Å². The first-order valence-electron chi connectivity index (χ1n) is 5.65. The van der Waals surface area contributed by atoms with Crippen LogP contribution in [0.15, 0.2) is 47.4 Å². The molecule has 3 N–H and O–H groups in total. The molecule has 0 saturated carbocycles. The Labute approximate surface area is 122 Å². The second kappa shape index (κ2) is 5.91. The maximum atomic E-state index is 12.0. The molecule has 0 aliphatic heterocycles. The van der Waals surface area contributed by atoms with E-state index in [2.05, 4.69) is 5.32 Å². The van der Waals surface area contributed by atoms with Crippen LogP contribution in [0.4, 0.5) is 5.69 Å². The van der Waals surface area contributed by atoms with Gasteiger partial charge in [-0.15, -0.1) is 0 Å². The summed E-state index contributed by atoms with van der Waals surface area (Å²) in [5.41, 5.74) is 7.46. The lowest BCUT2D eigenvalue weighted by atomic mass is 10.1. The van der Waals surface area contributed by atoms with Crippen molar-refractivity contribution >= 4 is 35.8 Å². The van der Waals surface area contributed by atoms with Crippen LogP contribution < -0.4 is 11.1 Å². The summed E-state index contributed by atoms with van der Waals surface area (Å²) >= 11 is 11.0. The number of amides is 1. The molecule has 0 atom stereocenters. The highest BCUT2D eigenvalue weighted by Gasteiger charge is 2.08. The molecule has 0 aliphatic rings. The van der Waals surface area contributed by atoms with Gasteiger partial charge in [0.2, 0.25) is 0 Å². The van der Waals surface area contributed by atoms with E-state index in [1.165, 1.54) is 0 Å². The Hall–Kier alpha value is -1.78. The number of anilines is 1. The number of carbonyl (C=O) groups is 1. The molecule has 3 nitrogen and oxygen atoms in total. The minimum Gasteiger partial charge on any atom is -0.399 e. The van der Waals surface area contributed by atoms with E-state index >= 15 is 0 Å². The third-order valence-corrected chi connectivity index (χ3v) is 3.19. The van der Waals surface area contributed by atoms with Crippen LogP contribution in [0.1, 0.15) is 15.9 Å². The van der Waals surface area contributed by atoms with Gasteiger partial charge >= 0.3 is 0 Å². The molecular weight excluding hydrogens is 280 g/mol. The van der Waals surface area contributed by atoms with Gasteiger partial charge < -0.3 is 11.1 Å². The van der Waals surface area contributed by atoms with E-state index in [1.807, 2.05) is 18.2 Å². The molecule has 0 spiro atoms. The number of halogens is 1. The first kappa shape index (κ1) is 13.6. The van der Waals surface area contributed by atoms with Gasteiger partial charge in [0.1, 0.15) is 0 Å². The van der Waals surface area contributed by atoms with Crippen LogP contribution in [0.25, 0.3) is 0 Å². The number of carbonyl (C=O) groups excluding carboxylic acids is 1. The quantitative estimate of drug-likeness (QED) is 0.852. The van der Waals surface area contributed by atoms with Crippen molar-refractivity contribution in [3.63, 3.8) is 0 Å². The molecule has 2 aromatic rings. The number of rotatable bonds is 3. The summed E-state index contributed by atoms with van der Waals surface area (Å²) in [6, 6.07) is 12.2. The Morgan fingerprint density at radius 2 is 2.00 bits per heavy atom. The highest BCUT2D eigenvalue weighted by atomic mass is 35.5. The first-order valence-corrected chi connectivity index (χ1v) is 6.44. The van der Waals surface area contributed by atoms with Crippen molar-refractivity contribution in [2.45, 2.75) is 11.4 Å². The largest absolute Gasteiger partial charge is 0.399 e. The van der Waals surface area contributed by atoms with Gasteiger partial charge in [-0.1, -0.05) is 42.4 Å². The van der Waals surface area contributed by atoms with Crippen LogP contribution in [0.2, 0.25) is 5.02 Å². The fraction of sp³-hybridized carbons (Fsp3) is 0.0714. The third-order valence-electron chi connectivity index (χ3n) is 2.59. The number of hydrogen-bond donors (Lipinski definition) is 2. The summed E-state index contributed by atoms with van der Waals surface area (Å²) in [4.78, 5) is 12.5. The molecule has 2 aromatic carbocycles. The van der Waals surface area contributed by atoms with E-state index in [1.54, 1.807) is 24.3 Å².